The number of hydrogen-bond acceptors (Lipinski definition) is 8. The highest BCUT2D eigenvalue weighted by molar-refractivity contribution is 6.15. The number of nitrogens with one attached hydrogen (secondary N) is 1. The third-order valence-corrected chi connectivity index (χ3v) is 5.19. The molecule has 34 heavy (non-hydrogen) atoms. The van der Waals surface area contributed by atoms with Crippen molar-refractivity contribution in [3.63, 3.8) is 0 Å². The van der Waals surface area contributed by atoms with Gasteiger partial charge in [-0.25, -0.2) is 18.8 Å². The molecular formula is C24H31FN2O7. The van der Waals surface area contributed by atoms with Gasteiger partial charge in [-0.2, -0.15) is 0 Å². The summed E-state index contributed by atoms with van der Waals surface area (Å²) in [6.07, 6.45) is 2.15. The molecule has 2 aliphatic heterocycles. The molecular weight excluding hydrogens is 447 g/mol. The second-order valence-electron chi connectivity index (χ2n) is 9.72. The summed E-state index contributed by atoms with van der Waals surface area (Å²) in [6.45, 7) is 9.76. The molecule has 186 valence electrons. The molecule has 0 bridgehead atoms. The first kappa shape index (κ1) is 25.3. The lowest BCUT2D eigenvalue weighted by Gasteiger charge is -2.33. The van der Waals surface area contributed by atoms with Gasteiger partial charge in [0.2, 0.25) is 0 Å². The molecule has 2 heterocycles. The number of halogens is 1. The number of benzene rings is 1. The van der Waals surface area contributed by atoms with Crippen molar-refractivity contribution in [2.75, 3.05) is 25.0 Å². The number of piperidine rings is 1. The Kier molecular flexibility index (Phi) is 7.38. The molecule has 0 unspecified atom stereocenters. The molecule has 0 aromatic heterocycles. The van der Waals surface area contributed by atoms with Gasteiger partial charge < -0.3 is 29.2 Å². The molecule has 1 amide bonds. The summed E-state index contributed by atoms with van der Waals surface area (Å²) >= 11 is 0. The third kappa shape index (κ3) is 6.61. The van der Waals surface area contributed by atoms with Gasteiger partial charge in [0, 0.05) is 33.1 Å². The Hall–Kier alpha value is -3.30. The highest BCUT2D eigenvalue weighted by Crippen LogP contribution is 2.30. The number of likely N-dealkylation sites (tertiary alicyclic amines) is 1. The Morgan fingerprint density at radius 2 is 1.82 bits per heavy atom. The van der Waals surface area contributed by atoms with Crippen molar-refractivity contribution in [2.24, 2.45) is 5.92 Å². The molecule has 1 aromatic carbocycles. The highest BCUT2D eigenvalue weighted by atomic mass is 19.1. The van der Waals surface area contributed by atoms with E-state index in [0.717, 1.165) is 19.0 Å². The summed E-state index contributed by atoms with van der Waals surface area (Å²) in [5.41, 5.74) is -0.955. The standard InChI is InChI=1S/C24H31FN2O7/c1-23(2,3)34-22(30)27-11-9-15(10-12-27)14-31-18-8-6-7-17(25)19(18)26-13-16-20(28)32-24(4,5)33-21(16)29/h6-8,13,15,26H,9-12,14H2,1-5H3. The van der Waals surface area contributed by atoms with E-state index in [1.807, 2.05) is 20.8 Å². The molecule has 0 spiro atoms. The van der Waals surface area contributed by atoms with Crippen molar-refractivity contribution in [1.82, 2.24) is 4.90 Å². The van der Waals surface area contributed by atoms with E-state index < -0.39 is 29.1 Å². The van der Waals surface area contributed by atoms with Crippen LogP contribution >= 0.6 is 0 Å². The maximum absolute atomic E-state index is 14.5. The first-order chi connectivity index (χ1) is 15.8. The molecule has 0 saturated carbocycles. The number of carbonyl (C=O) groups is 3. The molecule has 1 aromatic rings. The average molecular weight is 479 g/mol. The number of amides is 1. The summed E-state index contributed by atoms with van der Waals surface area (Å²) in [7, 11) is 0. The molecule has 2 fully saturated rings. The topological polar surface area (TPSA) is 103 Å². The van der Waals surface area contributed by atoms with Crippen LogP contribution in [0.25, 0.3) is 0 Å². The van der Waals surface area contributed by atoms with Crippen LogP contribution in [0.3, 0.4) is 0 Å². The van der Waals surface area contributed by atoms with Crippen molar-refractivity contribution in [3.8, 4) is 5.75 Å². The van der Waals surface area contributed by atoms with E-state index >= 15 is 0 Å². The van der Waals surface area contributed by atoms with Gasteiger partial charge in [-0.15, -0.1) is 0 Å². The van der Waals surface area contributed by atoms with Crippen LogP contribution < -0.4 is 10.1 Å². The van der Waals surface area contributed by atoms with Crippen molar-refractivity contribution in [3.05, 3.63) is 35.8 Å². The van der Waals surface area contributed by atoms with Gasteiger partial charge in [-0.3, -0.25) is 0 Å². The van der Waals surface area contributed by atoms with Crippen molar-refractivity contribution >= 4 is 23.7 Å². The highest BCUT2D eigenvalue weighted by Gasteiger charge is 2.39. The van der Waals surface area contributed by atoms with E-state index in [4.69, 9.17) is 18.9 Å². The predicted octanol–water partition coefficient (Wildman–Crippen LogP) is 3.98. The normalized spacial score (nSPS) is 18.6. The summed E-state index contributed by atoms with van der Waals surface area (Å²) in [6, 6.07) is 4.31. The van der Waals surface area contributed by atoms with Gasteiger partial charge in [0.1, 0.15) is 22.9 Å². The van der Waals surface area contributed by atoms with Crippen LogP contribution in [0, 0.1) is 11.7 Å². The lowest BCUT2D eigenvalue weighted by molar-refractivity contribution is -0.222. The minimum atomic E-state index is -1.36. The van der Waals surface area contributed by atoms with Crippen LogP contribution in [-0.2, 0) is 23.8 Å². The number of ether oxygens (including phenoxy) is 4. The van der Waals surface area contributed by atoms with E-state index in [2.05, 4.69) is 5.32 Å². The number of hydrogen-bond donors (Lipinski definition) is 1. The Labute approximate surface area is 198 Å². The van der Waals surface area contributed by atoms with E-state index in [1.165, 1.54) is 26.0 Å². The van der Waals surface area contributed by atoms with E-state index in [0.29, 0.717) is 19.7 Å². The fourth-order valence-corrected chi connectivity index (χ4v) is 3.50. The van der Waals surface area contributed by atoms with Crippen molar-refractivity contribution in [1.29, 1.82) is 0 Å². The lowest BCUT2D eigenvalue weighted by atomic mass is 9.98. The number of carbonyl (C=O) groups excluding carboxylic acids is 3. The maximum Gasteiger partial charge on any atom is 0.410 e. The average Bonchev–Trinajstić information content (AvgIpc) is 2.71. The zero-order chi connectivity index (χ0) is 25.1. The minimum Gasteiger partial charge on any atom is -0.491 e. The molecule has 2 aliphatic rings. The number of esters is 2. The summed E-state index contributed by atoms with van der Waals surface area (Å²) in [5, 5.41) is 2.64. The van der Waals surface area contributed by atoms with Crippen LogP contribution in [0.2, 0.25) is 0 Å². The SMILES string of the molecule is CC(C)(C)OC(=O)N1CCC(COc2cccc(F)c2NC=C2C(=O)OC(C)(C)OC2=O)CC1. The van der Waals surface area contributed by atoms with E-state index in [9.17, 15) is 18.8 Å². The zero-order valence-electron chi connectivity index (χ0n) is 20.1. The number of nitrogens with zero attached hydrogens (tertiary/aromatic N) is 1. The van der Waals surface area contributed by atoms with Gasteiger partial charge in [0.15, 0.2) is 5.57 Å². The molecule has 0 radical (unpaired) electrons. The molecule has 3 rings (SSSR count). The molecule has 2 saturated heterocycles. The van der Waals surface area contributed by atoms with Crippen LogP contribution in [-0.4, -0.2) is 54.0 Å². The van der Waals surface area contributed by atoms with Gasteiger partial charge in [0.05, 0.1) is 6.61 Å². The molecule has 10 heteroatoms. The summed E-state index contributed by atoms with van der Waals surface area (Å²) < 4.78 is 35.8. The van der Waals surface area contributed by atoms with Crippen LogP contribution in [0.5, 0.6) is 5.75 Å². The summed E-state index contributed by atoms with van der Waals surface area (Å²) in [5.74, 6) is -3.33. The Balaban J connectivity index is 1.59. The number of rotatable bonds is 5. The van der Waals surface area contributed by atoms with Crippen molar-refractivity contribution in [2.45, 2.75) is 58.8 Å². The fourth-order valence-electron chi connectivity index (χ4n) is 3.50. The molecule has 0 atom stereocenters. The van der Waals surface area contributed by atoms with Gasteiger partial charge in [0.25, 0.3) is 5.79 Å². The monoisotopic (exact) mass is 478 g/mol. The largest absolute Gasteiger partial charge is 0.491 e. The number of cyclic esters (lactones) is 2. The van der Waals surface area contributed by atoms with Gasteiger partial charge in [-0.1, -0.05) is 6.07 Å². The van der Waals surface area contributed by atoms with E-state index in [-0.39, 0.29) is 29.0 Å². The lowest BCUT2D eigenvalue weighted by Crippen LogP contribution is -2.42. The van der Waals surface area contributed by atoms with E-state index in [1.54, 1.807) is 11.0 Å². The zero-order valence-corrected chi connectivity index (χ0v) is 20.1. The van der Waals surface area contributed by atoms with Crippen LogP contribution in [0.1, 0.15) is 47.5 Å². The molecule has 0 aliphatic carbocycles. The molecule has 9 nitrogen and oxygen atoms in total. The van der Waals surface area contributed by atoms with Crippen molar-refractivity contribution < 1.29 is 37.7 Å². The second-order valence-corrected chi connectivity index (χ2v) is 9.72. The number of anilines is 1. The minimum absolute atomic E-state index is 0.0216. The Bertz CT molecular complexity index is 954. The second kappa shape index (κ2) is 9.90. The Morgan fingerprint density at radius 1 is 1.21 bits per heavy atom. The predicted molar refractivity (Wildman–Crippen MR) is 120 cm³/mol. The fraction of sp³-hybridized carbons (Fsp3) is 0.542. The Morgan fingerprint density at radius 3 is 2.41 bits per heavy atom. The van der Waals surface area contributed by atoms with Crippen LogP contribution in [0.15, 0.2) is 30.0 Å². The number of para-hydroxylation sites is 1. The van der Waals surface area contributed by atoms with Gasteiger partial charge in [-0.05, 0) is 51.7 Å². The molecule has 1 N–H and O–H groups in total. The van der Waals surface area contributed by atoms with Gasteiger partial charge >= 0.3 is 18.0 Å². The summed E-state index contributed by atoms with van der Waals surface area (Å²) in [4.78, 5) is 38.1. The first-order valence-corrected chi connectivity index (χ1v) is 11.2. The quantitative estimate of drug-likeness (QED) is 0.385. The van der Waals surface area contributed by atoms with Crippen LogP contribution in [0.4, 0.5) is 14.9 Å². The first-order valence-electron chi connectivity index (χ1n) is 11.2. The maximum atomic E-state index is 14.5. The smallest absolute Gasteiger partial charge is 0.410 e. The third-order valence-electron chi connectivity index (χ3n) is 5.19.